The number of hydrogen-bond donors (Lipinski definition) is 0. The predicted octanol–water partition coefficient (Wildman–Crippen LogP) is 10.6. The monoisotopic (exact) mass is 795 g/mol. The van der Waals surface area contributed by atoms with E-state index in [4.69, 9.17) is 8.85 Å². The molecule has 3 heterocycles. The fraction of sp³-hybridized carbons (Fsp3) is 0.122. The van der Waals surface area contributed by atoms with Crippen molar-refractivity contribution in [3.8, 4) is 17.3 Å². The van der Waals surface area contributed by atoms with E-state index in [0.717, 1.165) is 44.6 Å². The molecule has 0 aliphatic carbocycles. The van der Waals surface area contributed by atoms with Crippen molar-refractivity contribution in [3.63, 3.8) is 0 Å². The van der Waals surface area contributed by atoms with E-state index in [9.17, 15) is 0 Å². The second-order valence-corrected chi connectivity index (χ2v) is 12.5. The minimum Gasteiger partial charge on any atom is -0.509 e. The zero-order valence-corrected chi connectivity index (χ0v) is 28.4. The standard InChI is InChI=1S/C41H33N4O.Pt/c1-28-21-22-42-40(23-28)45-36-16-6-5-15-34(36)35-20-19-33(26-39(35)45)46-32-14-10-13-31(25-32)44-27-43(37-17-7-8-18-38(37)44)30-12-9-11-29(24-30)41(2,3)4;/h5-24,27H,1-4H3;/q-3;/i1D3;. The topological polar surface area (TPSA) is 33.5 Å². The number of rotatable bonds is 5. The van der Waals surface area contributed by atoms with Crippen molar-refractivity contribution in [2.45, 2.75) is 33.0 Å². The molecule has 0 saturated heterocycles. The Morgan fingerprint density at radius 2 is 1.51 bits per heavy atom. The fourth-order valence-electron chi connectivity index (χ4n) is 6.10. The molecular weight excluding hydrogens is 760 g/mol. The molecule has 47 heavy (non-hydrogen) atoms. The quantitative estimate of drug-likeness (QED) is 0.163. The van der Waals surface area contributed by atoms with Crippen molar-refractivity contribution < 1.29 is 29.9 Å². The third kappa shape index (κ3) is 5.59. The zero-order chi connectivity index (χ0) is 33.9. The van der Waals surface area contributed by atoms with E-state index in [-0.39, 0.29) is 32.0 Å². The maximum Gasteiger partial charge on any atom is 0.135 e. The van der Waals surface area contributed by atoms with E-state index in [1.807, 2.05) is 65.2 Å². The third-order valence-corrected chi connectivity index (χ3v) is 8.39. The summed E-state index contributed by atoms with van der Waals surface area (Å²) >= 11 is 0. The van der Waals surface area contributed by atoms with Gasteiger partial charge in [-0.1, -0.05) is 68.8 Å². The molecule has 5 nitrogen and oxygen atoms in total. The van der Waals surface area contributed by atoms with Gasteiger partial charge in [-0.2, -0.15) is 12.1 Å². The molecule has 1 aliphatic rings. The largest absolute Gasteiger partial charge is 0.509 e. The van der Waals surface area contributed by atoms with E-state index < -0.39 is 6.85 Å². The first kappa shape index (κ1) is 27.3. The van der Waals surface area contributed by atoms with E-state index in [1.54, 1.807) is 6.07 Å². The normalized spacial score (nSPS) is 14.0. The summed E-state index contributed by atoms with van der Waals surface area (Å²) in [6.07, 6.45) is 1.54. The van der Waals surface area contributed by atoms with Crippen molar-refractivity contribution in [1.82, 2.24) is 9.55 Å². The van der Waals surface area contributed by atoms with Crippen LogP contribution in [-0.2, 0) is 26.5 Å². The summed E-state index contributed by atoms with van der Waals surface area (Å²) in [4.78, 5) is 8.90. The van der Waals surface area contributed by atoms with Crippen LogP contribution in [0, 0.1) is 25.7 Å². The average Bonchev–Trinajstić information content (AvgIpc) is 3.64. The van der Waals surface area contributed by atoms with Crippen LogP contribution in [0.1, 0.15) is 36.0 Å². The molecule has 236 valence electrons. The van der Waals surface area contributed by atoms with Gasteiger partial charge < -0.3 is 19.1 Å². The number of aryl methyl sites for hydroxylation is 1. The van der Waals surface area contributed by atoms with Gasteiger partial charge in [0.15, 0.2) is 0 Å². The Morgan fingerprint density at radius 3 is 2.34 bits per heavy atom. The van der Waals surface area contributed by atoms with Crippen molar-refractivity contribution in [2.24, 2.45) is 0 Å². The summed E-state index contributed by atoms with van der Waals surface area (Å²) in [5.74, 6) is 1.54. The Balaban J connectivity index is 0.00000392. The van der Waals surface area contributed by atoms with Gasteiger partial charge in [-0.25, -0.2) is 4.98 Å². The Bertz CT molecular complexity index is 2360. The van der Waals surface area contributed by atoms with Gasteiger partial charge in [0.05, 0.1) is 0 Å². The number of aromatic nitrogens is 2. The van der Waals surface area contributed by atoms with Gasteiger partial charge in [0.2, 0.25) is 0 Å². The van der Waals surface area contributed by atoms with Crippen molar-refractivity contribution in [1.29, 1.82) is 0 Å². The van der Waals surface area contributed by atoms with Crippen molar-refractivity contribution >= 4 is 44.6 Å². The third-order valence-electron chi connectivity index (χ3n) is 8.39. The molecule has 0 atom stereocenters. The van der Waals surface area contributed by atoms with Crippen LogP contribution in [0.15, 0.2) is 121 Å². The molecule has 0 fully saturated rings. The average molecular weight is 796 g/mol. The summed E-state index contributed by atoms with van der Waals surface area (Å²) in [6, 6.07) is 44.8. The SMILES string of the molecule is [2H]C([2H])([2H])c1ccnc(-n2c3[c-]c(Oc4[c-]c(N5[CH-]N(c6cccc(C(C)(C)C)c6)c6ccccc65)ccc4)ccc3c3ccccc32)c1.[Pt]. The van der Waals surface area contributed by atoms with Crippen LogP contribution < -0.4 is 14.5 Å². The van der Waals surface area contributed by atoms with Crippen LogP contribution in [0.3, 0.4) is 0 Å². The first-order valence-corrected chi connectivity index (χ1v) is 15.3. The Morgan fingerprint density at radius 1 is 0.745 bits per heavy atom. The molecule has 2 aromatic heterocycles. The molecule has 6 heteroatoms. The van der Waals surface area contributed by atoms with Gasteiger partial charge in [-0.15, -0.1) is 48.1 Å². The number of ether oxygens (including phenoxy) is 1. The maximum atomic E-state index is 7.94. The second kappa shape index (κ2) is 12.1. The number of benzene rings is 5. The molecule has 7 aromatic rings. The number of fused-ring (bicyclic) bond motifs is 4. The van der Waals surface area contributed by atoms with Crippen LogP contribution in [0.2, 0.25) is 0 Å². The molecule has 0 amide bonds. The van der Waals surface area contributed by atoms with Gasteiger partial charge in [0.1, 0.15) is 5.82 Å². The van der Waals surface area contributed by atoms with Crippen molar-refractivity contribution in [3.05, 3.63) is 151 Å². The predicted molar refractivity (Wildman–Crippen MR) is 188 cm³/mol. The first-order chi connectivity index (χ1) is 23.5. The molecule has 0 radical (unpaired) electrons. The number of pyridine rings is 1. The Labute approximate surface area is 294 Å². The molecule has 8 rings (SSSR count). The molecule has 5 aromatic carbocycles. The van der Waals surface area contributed by atoms with E-state index in [0.29, 0.717) is 17.3 Å². The van der Waals surface area contributed by atoms with Gasteiger partial charge in [0.25, 0.3) is 0 Å². The Hall–Kier alpha value is -4.86. The van der Waals surface area contributed by atoms with E-state index >= 15 is 0 Å². The molecule has 1 aliphatic heterocycles. The van der Waals surface area contributed by atoms with E-state index in [2.05, 4.69) is 96.8 Å². The van der Waals surface area contributed by atoms with Gasteiger partial charge in [0, 0.05) is 65.5 Å². The summed E-state index contributed by atoms with van der Waals surface area (Å²) in [6.45, 7) is 6.52. The van der Waals surface area contributed by atoms with Crippen LogP contribution >= 0.6 is 0 Å². The van der Waals surface area contributed by atoms with Crippen LogP contribution in [0.25, 0.3) is 27.6 Å². The minimum absolute atomic E-state index is 0. The number of para-hydroxylation sites is 3. The number of nitrogens with zero attached hydrogens (tertiary/aromatic N) is 4. The van der Waals surface area contributed by atoms with Crippen molar-refractivity contribution in [2.75, 3.05) is 9.80 Å². The molecule has 0 N–H and O–H groups in total. The van der Waals surface area contributed by atoms with Gasteiger partial charge in [-0.3, -0.25) is 0 Å². The van der Waals surface area contributed by atoms with E-state index in [1.165, 1.54) is 17.8 Å². The van der Waals surface area contributed by atoms with Gasteiger partial charge in [-0.05, 0) is 71.2 Å². The molecule has 0 bridgehead atoms. The number of hydrogen-bond acceptors (Lipinski definition) is 4. The van der Waals surface area contributed by atoms with Crippen LogP contribution in [-0.4, -0.2) is 9.55 Å². The minimum atomic E-state index is -2.25. The first-order valence-electron chi connectivity index (χ1n) is 16.8. The van der Waals surface area contributed by atoms with Crippen LogP contribution in [0.5, 0.6) is 11.5 Å². The summed E-state index contributed by atoms with van der Waals surface area (Å²) in [7, 11) is 0. The summed E-state index contributed by atoms with van der Waals surface area (Å²) in [5, 5.41) is 1.97. The second-order valence-electron chi connectivity index (χ2n) is 12.5. The smallest absolute Gasteiger partial charge is 0.135 e. The van der Waals surface area contributed by atoms with Crippen LogP contribution in [0.4, 0.5) is 22.7 Å². The summed E-state index contributed by atoms with van der Waals surface area (Å²) < 4.78 is 32.2. The molecular formula is C41H33N4OPt-3. The molecule has 0 spiro atoms. The fourth-order valence-corrected chi connectivity index (χ4v) is 6.10. The Kier molecular flexibility index (Phi) is 7.00. The molecule has 0 saturated carbocycles. The molecule has 0 unspecified atom stereocenters. The maximum absolute atomic E-state index is 7.94. The summed E-state index contributed by atoms with van der Waals surface area (Å²) in [5.41, 5.74) is 7.20. The van der Waals surface area contributed by atoms with Gasteiger partial charge >= 0.3 is 0 Å². The zero-order valence-electron chi connectivity index (χ0n) is 29.1. The number of anilines is 4.